The van der Waals surface area contributed by atoms with Crippen LogP contribution >= 0.6 is 35.0 Å². The Hall–Kier alpha value is -3.53. The van der Waals surface area contributed by atoms with Crippen LogP contribution in [0.3, 0.4) is 0 Å². The van der Waals surface area contributed by atoms with Gasteiger partial charge in [0.1, 0.15) is 0 Å². The molecule has 0 aliphatic carbocycles. The summed E-state index contributed by atoms with van der Waals surface area (Å²) in [5, 5.41) is 23.8. The van der Waals surface area contributed by atoms with Gasteiger partial charge in [0.25, 0.3) is 5.91 Å². The normalized spacial score (nSPS) is 11.4. The lowest BCUT2D eigenvalue weighted by Gasteiger charge is -2.14. The molecular formula is C24H18Cl2N2O6S. The van der Waals surface area contributed by atoms with Crippen molar-refractivity contribution in [2.45, 2.75) is 17.1 Å². The third kappa shape index (κ3) is 6.54. The first-order valence-electron chi connectivity index (χ1n) is 10.0. The van der Waals surface area contributed by atoms with E-state index >= 15 is 0 Å². The molecule has 3 rings (SSSR count). The second-order valence-electron chi connectivity index (χ2n) is 7.20. The Morgan fingerprint density at radius 2 is 1.54 bits per heavy atom. The smallest absolute Gasteiger partial charge is 0.336 e. The molecule has 8 nitrogen and oxygen atoms in total. The predicted octanol–water partition coefficient (Wildman–Crippen LogP) is 5.76. The van der Waals surface area contributed by atoms with E-state index in [9.17, 15) is 24.3 Å². The summed E-state index contributed by atoms with van der Waals surface area (Å²) in [5.74, 6) is -3.70. The molecule has 0 radical (unpaired) electrons. The van der Waals surface area contributed by atoms with E-state index in [2.05, 4.69) is 10.6 Å². The molecule has 0 saturated heterocycles. The maximum absolute atomic E-state index is 12.6. The number of thioether (sulfide) groups is 1. The molecule has 1 atom stereocenters. The molecule has 0 saturated carbocycles. The minimum Gasteiger partial charge on any atom is -0.478 e. The van der Waals surface area contributed by atoms with Crippen LogP contribution in [0.1, 0.15) is 38.0 Å². The van der Waals surface area contributed by atoms with E-state index in [1.807, 2.05) is 0 Å². The second kappa shape index (κ2) is 11.3. The van der Waals surface area contributed by atoms with Crippen LogP contribution < -0.4 is 10.6 Å². The SMILES string of the molecule is CC(Sc1ccc(NC(=O)c2ccc(C(=O)O)cc2C(=O)O)cc1)C(=O)Nc1cccc(Cl)c1Cl. The maximum Gasteiger partial charge on any atom is 0.336 e. The van der Waals surface area contributed by atoms with Crippen LogP contribution in [0.2, 0.25) is 10.0 Å². The first-order valence-corrected chi connectivity index (χ1v) is 11.6. The van der Waals surface area contributed by atoms with E-state index in [1.54, 1.807) is 49.4 Å². The van der Waals surface area contributed by atoms with Crippen molar-refractivity contribution in [2.75, 3.05) is 10.6 Å². The van der Waals surface area contributed by atoms with Crippen LogP contribution in [0.25, 0.3) is 0 Å². The molecule has 0 aliphatic rings. The molecular weight excluding hydrogens is 515 g/mol. The molecule has 180 valence electrons. The Labute approximate surface area is 214 Å². The fourth-order valence-electron chi connectivity index (χ4n) is 2.96. The number of carbonyl (C=O) groups is 4. The summed E-state index contributed by atoms with van der Waals surface area (Å²) < 4.78 is 0. The van der Waals surface area contributed by atoms with Gasteiger partial charge in [-0.3, -0.25) is 9.59 Å². The minimum atomic E-state index is -1.42. The Morgan fingerprint density at radius 3 is 2.17 bits per heavy atom. The molecule has 35 heavy (non-hydrogen) atoms. The molecule has 0 heterocycles. The summed E-state index contributed by atoms with van der Waals surface area (Å²) in [6, 6.07) is 14.8. The van der Waals surface area contributed by atoms with Gasteiger partial charge in [-0.25, -0.2) is 9.59 Å². The topological polar surface area (TPSA) is 133 Å². The third-order valence-corrected chi connectivity index (χ3v) is 6.68. The first kappa shape index (κ1) is 26.1. The molecule has 3 aromatic carbocycles. The number of carboxylic acid groups (broad SMARTS) is 2. The summed E-state index contributed by atoms with van der Waals surface area (Å²) in [6.07, 6.45) is 0. The van der Waals surface area contributed by atoms with Gasteiger partial charge in [0.15, 0.2) is 0 Å². The van der Waals surface area contributed by atoms with Crippen molar-refractivity contribution in [3.63, 3.8) is 0 Å². The first-order chi connectivity index (χ1) is 16.6. The van der Waals surface area contributed by atoms with Crippen LogP contribution in [0.5, 0.6) is 0 Å². The summed E-state index contributed by atoms with van der Waals surface area (Å²) in [4.78, 5) is 48.4. The van der Waals surface area contributed by atoms with E-state index in [1.165, 1.54) is 11.8 Å². The highest BCUT2D eigenvalue weighted by Crippen LogP contribution is 2.31. The van der Waals surface area contributed by atoms with E-state index in [0.29, 0.717) is 16.4 Å². The average molecular weight is 533 g/mol. The van der Waals surface area contributed by atoms with Crippen molar-refractivity contribution < 1.29 is 29.4 Å². The summed E-state index contributed by atoms with van der Waals surface area (Å²) in [7, 11) is 0. The Balaban J connectivity index is 1.65. The number of aromatic carboxylic acids is 2. The fraction of sp³-hybridized carbons (Fsp3) is 0.0833. The molecule has 0 aliphatic heterocycles. The molecule has 3 aromatic rings. The van der Waals surface area contributed by atoms with E-state index in [4.69, 9.17) is 28.3 Å². The number of amides is 2. The number of carboxylic acids is 2. The highest BCUT2D eigenvalue weighted by Gasteiger charge is 2.20. The number of rotatable bonds is 8. The van der Waals surface area contributed by atoms with Crippen LogP contribution in [0.4, 0.5) is 11.4 Å². The monoisotopic (exact) mass is 532 g/mol. The average Bonchev–Trinajstić information content (AvgIpc) is 2.82. The summed E-state index contributed by atoms with van der Waals surface area (Å²) in [6.45, 7) is 1.72. The number of hydrogen-bond donors (Lipinski definition) is 4. The largest absolute Gasteiger partial charge is 0.478 e. The van der Waals surface area contributed by atoms with Crippen LogP contribution in [-0.4, -0.2) is 39.2 Å². The number of carbonyl (C=O) groups excluding carboxylic acids is 2. The number of benzene rings is 3. The van der Waals surface area contributed by atoms with Gasteiger partial charge < -0.3 is 20.8 Å². The molecule has 0 aromatic heterocycles. The zero-order valence-corrected chi connectivity index (χ0v) is 20.4. The molecule has 0 fully saturated rings. The van der Waals surface area contributed by atoms with Crippen molar-refractivity contribution in [1.82, 2.24) is 0 Å². The van der Waals surface area contributed by atoms with Crippen molar-refractivity contribution in [3.05, 3.63) is 87.4 Å². The lowest BCUT2D eigenvalue weighted by molar-refractivity contribution is -0.115. The number of hydrogen-bond acceptors (Lipinski definition) is 5. The highest BCUT2D eigenvalue weighted by atomic mass is 35.5. The standard InChI is InChI=1S/C24H18Cl2N2O6S/c1-12(21(29)28-19-4-2-3-18(25)20(19)26)35-15-8-6-14(7-9-15)27-22(30)16-10-5-13(23(31)32)11-17(16)24(33)34/h2-12H,1H3,(H,27,30)(H,28,29)(H,31,32)(H,33,34). The quantitative estimate of drug-likeness (QED) is 0.271. The number of anilines is 2. The molecule has 0 spiro atoms. The van der Waals surface area contributed by atoms with Gasteiger partial charge in [0.2, 0.25) is 5.91 Å². The maximum atomic E-state index is 12.6. The van der Waals surface area contributed by atoms with Crippen molar-refractivity contribution in [2.24, 2.45) is 0 Å². The van der Waals surface area contributed by atoms with Gasteiger partial charge >= 0.3 is 11.9 Å². The minimum absolute atomic E-state index is 0.175. The van der Waals surface area contributed by atoms with Crippen molar-refractivity contribution >= 4 is 70.1 Å². The molecule has 4 N–H and O–H groups in total. The van der Waals surface area contributed by atoms with Crippen LogP contribution in [-0.2, 0) is 4.79 Å². The highest BCUT2D eigenvalue weighted by molar-refractivity contribution is 8.00. The number of nitrogens with one attached hydrogen (secondary N) is 2. The van der Waals surface area contributed by atoms with Gasteiger partial charge in [-0.1, -0.05) is 29.3 Å². The van der Waals surface area contributed by atoms with Crippen molar-refractivity contribution in [1.29, 1.82) is 0 Å². The van der Waals surface area contributed by atoms with Crippen LogP contribution in [0, 0.1) is 0 Å². The fourth-order valence-corrected chi connectivity index (χ4v) is 4.18. The zero-order valence-electron chi connectivity index (χ0n) is 18.0. The Morgan fingerprint density at radius 1 is 0.857 bits per heavy atom. The molecule has 2 amide bonds. The lowest BCUT2D eigenvalue weighted by Crippen LogP contribution is -2.22. The van der Waals surface area contributed by atoms with E-state index in [-0.39, 0.29) is 22.1 Å². The van der Waals surface area contributed by atoms with Gasteiger partial charge in [0, 0.05) is 10.6 Å². The van der Waals surface area contributed by atoms with E-state index in [0.717, 1.165) is 23.1 Å². The third-order valence-electron chi connectivity index (χ3n) is 4.75. The van der Waals surface area contributed by atoms with Gasteiger partial charge in [-0.2, -0.15) is 0 Å². The molecule has 0 bridgehead atoms. The Kier molecular flexibility index (Phi) is 8.39. The zero-order chi connectivity index (χ0) is 25.7. The van der Waals surface area contributed by atoms with Gasteiger partial charge in [-0.15, -0.1) is 11.8 Å². The summed E-state index contributed by atoms with van der Waals surface area (Å²) >= 11 is 13.4. The molecule has 1 unspecified atom stereocenters. The van der Waals surface area contributed by atoms with Crippen LogP contribution in [0.15, 0.2) is 65.6 Å². The lowest BCUT2D eigenvalue weighted by atomic mass is 10.0. The number of halogens is 2. The second-order valence-corrected chi connectivity index (χ2v) is 9.40. The Bertz CT molecular complexity index is 1310. The van der Waals surface area contributed by atoms with Crippen molar-refractivity contribution in [3.8, 4) is 0 Å². The molecule has 11 heteroatoms. The van der Waals surface area contributed by atoms with E-state index < -0.39 is 28.7 Å². The van der Waals surface area contributed by atoms with Gasteiger partial charge in [-0.05, 0) is 61.5 Å². The summed E-state index contributed by atoms with van der Waals surface area (Å²) in [5.41, 5.74) is -0.0381. The predicted molar refractivity (Wildman–Crippen MR) is 135 cm³/mol. The van der Waals surface area contributed by atoms with Gasteiger partial charge in [0.05, 0.1) is 37.7 Å².